The number of aromatic nitrogens is 1. The zero-order valence-corrected chi connectivity index (χ0v) is 19.8. The number of hydrogen-bond donors (Lipinski definition) is 4. The van der Waals surface area contributed by atoms with Gasteiger partial charge in [-0.3, -0.25) is 14.4 Å². The Bertz CT molecular complexity index is 1300. The van der Waals surface area contributed by atoms with Gasteiger partial charge in [0.05, 0.1) is 18.8 Å². The normalized spacial score (nSPS) is 16.9. The molecule has 2 heterocycles. The van der Waals surface area contributed by atoms with Crippen LogP contribution in [0.3, 0.4) is 0 Å². The lowest BCUT2D eigenvalue weighted by atomic mass is 9.98. The summed E-state index contributed by atoms with van der Waals surface area (Å²) in [5, 5.41) is 25.9. The molecule has 0 radical (unpaired) electrons. The number of anilines is 1. The summed E-state index contributed by atoms with van der Waals surface area (Å²) in [5.41, 5.74) is 0.933. The second-order valence-corrected chi connectivity index (χ2v) is 7.86. The lowest BCUT2D eigenvalue weighted by Crippen LogP contribution is -2.34. The SMILES string of the molecule is CN/C(C#N)=C1\C(=N)CN(C)C(=O)c2ccc(F)cc2[C@@H](C)Oc2cc1cnc2NC(=O)CNC=O. The van der Waals surface area contributed by atoms with Gasteiger partial charge in [-0.05, 0) is 31.2 Å². The van der Waals surface area contributed by atoms with Gasteiger partial charge in [0.15, 0.2) is 11.6 Å². The van der Waals surface area contributed by atoms with Crippen molar-refractivity contribution in [2.75, 3.05) is 32.5 Å². The molecular formula is C24H24FN7O4. The van der Waals surface area contributed by atoms with Crippen LogP contribution in [0.1, 0.15) is 34.5 Å². The van der Waals surface area contributed by atoms with Gasteiger partial charge in [0, 0.05) is 42.6 Å². The number of amides is 3. The van der Waals surface area contributed by atoms with Crippen LogP contribution in [-0.4, -0.2) is 61.0 Å². The molecule has 0 saturated heterocycles. The molecule has 0 saturated carbocycles. The fraction of sp³-hybridized carbons (Fsp3) is 0.250. The molecule has 0 spiro atoms. The molecule has 1 atom stereocenters. The molecule has 11 nitrogen and oxygen atoms in total. The molecule has 3 amide bonds. The average Bonchev–Trinajstić information content (AvgIpc) is 2.85. The number of halogens is 1. The molecule has 0 unspecified atom stereocenters. The van der Waals surface area contributed by atoms with Crippen LogP contribution in [-0.2, 0) is 9.59 Å². The van der Waals surface area contributed by atoms with Gasteiger partial charge in [-0.15, -0.1) is 0 Å². The smallest absolute Gasteiger partial charge is 0.254 e. The Morgan fingerprint density at radius 3 is 2.83 bits per heavy atom. The lowest BCUT2D eigenvalue weighted by molar-refractivity contribution is -0.118. The number of rotatable bonds is 5. The highest BCUT2D eigenvalue weighted by atomic mass is 19.1. The molecule has 0 fully saturated rings. The third kappa shape index (κ3) is 5.47. The largest absolute Gasteiger partial charge is 0.482 e. The quantitative estimate of drug-likeness (QED) is 0.363. The van der Waals surface area contributed by atoms with E-state index in [1.165, 1.54) is 43.4 Å². The summed E-state index contributed by atoms with van der Waals surface area (Å²) in [6.45, 7) is 1.14. The minimum atomic E-state index is -0.861. The maximum absolute atomic E-state index is 14.2. The first-order valence-electron chi connectivity index (χ1n) is 10.8. The number of fused-ring (bicyclic) bond motifs is 3. The van der Waals surface area contributed by atoms with Gasteiger partial charge in [-0.25, -0.2) is 9.37 Å². The molecule has 0 aliphatic carbocycles. The summed E-state index contributed by atoms with van der Waals surface area (Å²) in [7, 11) is 3.02. The maximum Gasteiger partial charge on any atom is 0.254 e. The number of ether oxygens (including phenoxy) is 1. The summed E-state index contributed by atoms with van der Waals surface area (Å²) in [6, 6.07) is 7.18. The van der Waals surface area contributed by atoms with E-state index in [1.54, 1.807) is 6.92 Å². The van der Waals surface area contributed by atoms with Gasteiger partial charge in [0.1, 0.15) is 23.7 Å². The Morgan fingerprint density at radius 2 is 2.17 bits per heavy atom. The van der Waals surface area contributed by atoms with Crippen LogP contribution in [0.25, 0.3) is 5.57 Å². The van der Waals surface area contributed by atoms with Crippen molar-refractivity contribution >= 4 is 35.3 Å². The fourth-order valence-corrected chi connectivity index (χ4v) is 3.69. The summed E-state index contributed by atoms with van der Waals surface area (Å²) >= 11 is 0. The monoisotopic (exact) mass is 493 g/mol. The topological polar surface area (TPSA) is 160 Å². The van der Waals surface area contributed by atoms with Crippen LogP contribution < -0.4 is 20.7 Å². The Morgan fingerprint density at radius 1 is 1.42 bits per heavy atom. The lowest BCUT2D eigenvalue weighted by Gasteiger charge is -2.25. The van der Waals surface area contributed by atoms with Crippen LogP contribution in [0.15, 0.2) is 36.2 Å². The molecule has 4 N–H and O–H groups in total. The van der Waals surface area contributed by atoms with Gasteiger partial charge < -0.3 is 31.0 Å². The number of benzene rings is 1. The van der Waals surface area contributed by atoms with Crippen molar-refractivity contribution < 1.29 is 23.5 Å². The van der Waals surface area contributed by atoms with Crippen LogP contribution in [0.2, 0.25) is 0 Å². The second-order valence-electron chi connectivity index (χ2n) is 7.86. The van der Waals surface area contributed by atoms with E-state index in [4.69, 9.17) is 10.1 Å². The Hall–Kier alpha value is -4.79. The minimum absolute atomic E-state index is 0.00407. The predicted molar refractivity (Wildman–Crippen MR) is 129 cm³/mol. The summed E-state index contributed by atoms with van der Waals surface area (Å²) in [6.07, 6.45) is 0.859. The van der Waals surface area contributed by atoms with Crippen molar-refractivity contribution in [2.45, 2.75) is 13.0 Å². The Balaban J connectivity index is 2.23. The van der Waals surface area contributed by atoms with Gasteiger partial charge in [0.2, 0.25) is 12.3 Å². The summed E-state index contributed by atoms with van der Waals surface area (Å²) in [4.78, 5) is 41.5. The molecule has 2 aromatic rings. The van der Waals surface area contributed by atoms with E-state index in [0.29, 0.717) is 12.0 Å². The predicted octanol–water partition coefficient (Wildman–Crippen LogP) is 1.60. The summed E-state index contributed by atoms with van der Waals surface area (Å²) < 4.78 is 20.2. The molecule has 36 heavy (non-hydrogen) atoms. The molecule has 12 heteroatoms. The number of nitriles is 1. The molecule has 1 aromatic heterocycles. The van der Waals surface area contributed by atoms with E-state index in [9.17, 15) is 24.0 Å². The number of carbonyl (C=O) groups is 3. The van der Waals surface area contributed by atoms with Gasteiger partial charge in [-0.1, -0.05) is 0 Å². The second kappa shape index (κ2) is 11.1. The molecule has 1 aromatic carbocycles. The summed E-state index contributed by atoms with van der Waals surface area (Å²) in [5.74, 6) is -1.58. The molecule has 3 rings (SSSR count). The van der Waals surface area contributed by atoms with Crippen molar-refractivity contribution in [3.05, 3.63) is 58.7 Å². The van der Waals surface area contributed by atoms with Gasteiger partial charge >= 0.3 is 0 Å². The molecular weight excluding hydrogens is 469 g/mol. The van der Waals surface area contributed by atoms with Crippen LogP contribution in [0.5, 0.6) is 5.75 Å². The molecule has 1 aliphatic rings. The maximum atomic E-state index is 14.2. The van der Waals surface area contributed by atoms with Crippen molar-refractivity contribution in [3.63, 3.8) is 0 Å². The Kier molecular flexibility index (Phi) is 7.96. The van der Waals surface area contributed by atoms with Crippen molar-refractivity contribution in [1.29, 1.82) is 10.7 Å². The van der Waals surface area contributed by atoms with E-state index < -0.39 is 23.7 Å². The van der Waals surface area contributed by atoms with E-state index >= 15 is 0 Å². The highest BCUT2D eigenvalue weighted by molar-refractivity contribution is 6.25. The third-order valence-corrected chi connectivity index (χ3v) is 5.39. The number of nitrogens with zero attached hydrogens (tertiary/aromatic N) is 3. The first kappa shape index (κ1) is 25.8. The van der Waals surface area contributed by atoms with E-state index in [2.05, 4.69) is 20.9 Å². The Labute approximate surface area is 206 Å². The van der Waals surface area contributed by atoms with E-state index in [-0.39, 0.29) is 52.8 Å². The van der Waals surface area contributed by atoms with Crippen molar-refractivity contribution in [2.24, 2.45) is 0 Å². The number of carbonyl (C=O) groups excluding carboxylic acids is 3. The minimum Gasteiger partial charge on any atom is -0.482 e. The average molecular weight is 493 g/mol. The first-order chi connectivity index (χ1) is 17.2. The zero-order valence-electron chi connectivity index (χ0n) is 19.8. The molecule has 2 bridgehead atoms. The van der Waals surface area contributed by atoms with Crippen molar-refractivity contribution in [1.82, 2.24) is 20.5 Å². The molecule has 1 aliphatic heterocycles. The highest BCUT2D eigenvalue weighted by Gasteiger charge is 2.26. The van der Waals surface area contributed by atoms with Crippen LogP contribution >= 0.6 is 0 Å². The third-order valence-electron chi connectivity index (χ3n) is 5.39. The van der Waals surface area contributed by atoms with Gasteiger partial charge in [-0.2, -0.15) is 5.26 Å². The number of pyridine rings is 1. The number of hydrogen-bond acceptors (Lipinski definition) is 8. The van der Waals surface area contributed by atoms with E-state index in [0.717, 1.165) is 6.07 Å². The van der Waals surface area contributed by atoms with Crippen LogP contribution in [0.4, 0.5) is 10.2 Å². The standard InChI is InChI=1S/C24H24FN7O4/c1-13-17-7-15(25)4-5-16(17)24(35)32(3)11-18(27)22(19(8-26)28-2)14-6-20(36-13)23(30-9-14)31-21(34)10-29-12-33/h4-7,9,12-13,27-28H,10-11H2,1-3H3,(H,29,33)(H,30,31,34)/b22-19-,27-18?/t13-/m1/s1. The first-order valence-corrected chi connectivity index (χ1v) is 10.8. The van der Waals surface area contributed by atoms with Crippen LogP contribution in [0, 0.1) is 22.6 Å². The number of allylic oxidation sites excluding steroid dienone is 1. The molecule has 186 valence electrons. The van der Waals surface area contributed by atoms with Gasteiger partial charge in [0.25, 0.3) is 5.91 Å². The van der Waals surface area contributed by atoms with Crippen molar-refractivity contribution in [3.8, 4) is 11.8 Å². The fourth-order valence-electron chi connectivity index (χ4n) is 3.69. The highest BCUT2D eigenvalue weighted by Crippen LogP contribution is 2.34. The van der Waals surface area contributed by atoms with E-state index in [1.807, 2.05) is 6.07 Å². The zero-order chi connectivity index (χ0) is 26.4. The number of nitrogens with one attached hydrogen (secondary N) is 4.